The highest BCUT2D eigenvalue weighted by atomic mass is 16.4. The maximum Gasteiger partial charge on any atom is 0.326 e. The van der Waals surface area contributed by atoms with E-state index in [0.717, 1.165) is 4.90 Å². The predicted octanol–water partition coefficient (Wildman–Crippen LogP) is -4.12. The maximum atomic E-state index is 12.9. The Kier molecular flexibility index (Phi) is 11.0. The number of carboxylic acids is 2. The Balaban J connectivity index is 3.00. The average Bonchev–Trinajstić information content (AvgIpc) is 3.23. The summed E-state index contributed by atoms with van der Waals surface area (Å²) in [5.41, 5.74) is 15.9. The van der Waals surface area contributed by atoms with Crippen LogP contribution in [0.4, 0.5) is 0 Å². The van der Waals surface area contributed by atoms with Crippen LogP contribution in [0.15, 0.2) is 4.99 Å². The summed E-state index contributed by atoms with van der Waals surface area (Å²) in [6.07, 6.45) is 0.0614. The fourth-order valence-electron chi connectivity index (χ4n) is 3.27. The first kappa shape index (κ1) is 27.6. The highest BCUT2D eigenvalue weighted by molar-refractivity contribution is 5.95. The summed E-state index contributed by atoms with van der Waals surface area (Å²) >= 11 is 0. The van der Waals surface area contributed by atoms with Gasteiger partial charge in [0.05, 0.1) is 13.0 Å². The molecular weight excluding hydrogens is 442 g/mol. The van der Waals surface area contributed by atoms with E-state index in [0.29, 0.717) is 6.42 Å². The van der Waals surface area contributed by atoms with Crippen molar-refractivity contribution in [3.63, 3.8) is 0 Å². The van der Waals surface area contributed by atoms with Crippen LogP contribution in [0.2, 0.25) is 0 Å². The van der Waals surface area contributed by atoms with Crippen molar-refractivity contribution in [1.82, 2.24) is 15.5 Å². The molecule has 0 aliphatic carbocycles. The summed E-state index contributed by atoms with van der Waals surface area (Å²) in [6, 6.07) is -5.24. The third-order valence-electron chi connectivity index (χ3n) is 4.93. The molecule has 186 valence electrons. The van der Waals surface area contributed by atoms with Gasteiger partial charge >= 0.3 is 11.9 Å². The molecule has 4 unspecified atom stereocenters. The van der Waals surface area contributed by atoms with E-state index in [1.807, 2.05) is 0 Å². The second-order valence-corrected chi connectivity index (χ2v) is 7.49. The number of aliphatic hydroxyl groups excluding tert-OH is 1. The highest BCUT2D eigenvalue weighted by Crippen LogP contribution is 2.19. The van der Waals surface area contributed by atoms with E-state index >= 15 is 0 Å². The number of nitrogens with two attached hydrogens (primary N) is 3. The third-order valence-corrected chi connectivity index (χ3v) is 4.93. The van der Waals surface area contributed by atoms with Crippen LogP contribution < -0.4 is 27.8 Å². The minimum atomic E-state index is -1.56. The number of amides is 3. The van der Waals surface area contributed by atoms with E-state index in [4.69, 9.17) is 22.3 Å². The number of hydrogen-bond donors (Lipinski definition) is 8. The van der Waals surface area contributed by atoms with Crippen LogP contribution in [0.3, 0.4) is 0 Å². The van der Waals surface area contributed by atoms with Gasteiger partial charge in [-0.25, -0.2) is 4.79 Å². The number of carbonyl (C=O) groups excluding carboxylic acids is 3. The van der Waals surface area contributed by atoms with E-state index in [-0.39, 0.29) is 38.3 Å². The lowest BCUT2D eigenvalue weighted by Crippen LogP contribution is -2.57. The van der Waals surface area contributed by atoms with E-state index in [9.17, 15) is 34.2 Å². The zero-order valence-electron chi connectivity index (χ0n) is 18.0. The molecule has 1 heterocycles. The van der Waals surface area contributed by atoms with Crippen molar-refractivity contribution >= 4 is 35.6 Å². The number of aliphatic carboxylic acids is 2. The molecule has 0 saturated carbocycles. The highest BCUT2D eigenvalue weighted by Gasteiger charge is 2.39. The van der Waals surface area contributed by atoms with Crippen molar-refractivity contribution in [2.75, 3.05) is 19.7 Å². The van der Waals surface area contributed by atoms with Crippen molar-refractivity contribution in [3.05, 3.63) is 0 Å². The van der Waals surface area contributed by atoms with E-state index in [1.165, 1.54) is 0 Å². The van der Waals surface area contributed by atoms with Crippen LogP contribution in [0.1, 0.15) is 32.1 Å². The molecule has 0 bridgehead atoms. The normalized spacial score (nSPS) is 18.0. The maximum absolute atomic E-state index is 12.9. The monoisotopic (exact) mass is 473 g/mol. The Morgan fingerprint density at radius 3 is 2.24 bits per heavy atom. The van der Waals surface area contributed by atoms with Gasteiger partial charge in [0, 0.05) is 13.1 Å². The number of aliphatic imine (C=N–C) groups is 1. The Labute approximate surface area is 189 Å². The van der Waals surface area contributed by atoms with Crippen LogP contribution in [0, 0.1) is 0 Å². The fourth-order valence-corrected chi connectivity index (χ4v) is 3.27. The molecular formula is C18H31N7O8. The van der Waals surface area contributed by atoms with Gasteiger partial charge in [0.25, 0.3) is 0 Å². The standard InChI is InChI=1S/C18H31N7O8/c19-9(8-26)14(29)23-10(3-1-5-22-18(20)21)15(30)24-11(7-13(27)28)16(31)25-6-2-4-12(25)17(32)33/h9-12,26H,1-8,19H2,(H,23,29)(H,24,30)(H,27,28)(H,32,33)(H4,20,21,22). The Hall–Kier alpha value is -3.46. The minimum absolute atomic E-state index is 0.00193. The second-order valence-electron chi connectivity index (χ2n) is 7.49. The molecule has 1 aliphatic heterocycles. The third kappa shape index (κ3) is 8.89. The number of carboxylic acid groups (broad SMARTS) is 2. The summed E-state index contributed by atoms with van der Waals surface area (Å²) in [5, 5.41) is 32.2. The molecule has 1 fully saturated rings. The molecule has 0 aromatic carbocycles. The quantitative estimate of drug-likeness (QED) is 0.0723. The van der Waals surface area contributed by atoms with Gasteiger partial charge in [-0.05, 0) is 25.7 Å². The Morgan fingerprint density at radius 2 is 1.70 bits per heavy atom. The molecule has 0 aromatic heterocycles. The van der Waals surface area contributed by atoms with E-state index in [2.05, 4.69) is 15.6 Å². The van der Waals surface area contributed by atoms with Crippen molar-refractivity contribution in [1.29, 1.82) is 0 Å². The molecule has 3 amide bonds. The summed E-state index contributed by atoms with van der Waals surface area (Å²) < 4.78 is 0. The SMILES string of the molecule is NC(N)=NCCCC(NC(=O)C(N)CO)C(=O)NC(CC(=O)O)C(=O)N1CCCC1C(=O)O. The Morgan fingerprint density at radius 1 is 1.06 bits per heavy atom. The summed E-state index contributed by atoms with van der Waals surface area (Å²) in [6.45, 7) is -0.453. The van der Waals surface area contributed by atoms with Gasteiger partial charge in [0.15, 0.2) is 5.96 Å². The van der Waals surface area contributed by atoms with Gasteiger partial charge < -0.3 is 48.1 Å². The van der Waals surface area contributed by atoms with Crippen LogP contribution >= 0.6 is 0 Å². The molecule has 15 nitrogen and oxygen atoms in total. The van der Waals surface area contributed by atoms with Crippen LogP contribution in [0.25, 0.3) is 0 Å². The lowest BCUT2D eigenvalue weighted by atomic mass is 10.1. The van der Waals surface area contributed by atoms with Gasteiger partial charge in [-0.15, -0.1) is 0 Å². The number of hydrogen-bond acceptors (Lipinski definition) is 8. The number of nitrogens with one attached hydrogen (secondary N) is 2. The largest absolute Gasteiger partial charge is 0.481 e. The molecule has 4 atom stereocenters. The summed E-state index contributed by atoms with van der Waals surface area (Å²) in [4.78, 5) is 65.2. The molecule has 33 heavy (non-hydrogen) atoms. The fraction of sp³-hybridized carbons (Fsp3) is 0.667. The number of rotatable bonds is 13. The number of nitrogens with zero attached hydrogens (tertiary/aromatic N) is 2. The first-order valence-corrected chi connectivity index (χ1v) is 10.3. The minimum Gasteiger partial charge on any atom is -0.481 e. The zero-order chi connectivity index (χ0) is 25.1. The number of guanidine groups is 1. The van der Waals surface area contributed by atoms with E-state index in [1.54, 1.807) is 0 Å². The van der Waals surface area contributed by atoms with Crippen LogP contribution in [-0.2, 0) is 24.0 Å². The Bertz CT molecular complexity index is 771. The first-order valence-electron chi connectivity index (χ1n) is 10.3. The first-order chi connectivity index (χ1) is 15.5. The van der Waals surface area contributed by atoms with Gasteiger partial charge in [-0.1, -0.05) is 0 Å². The van der Waals surface area contributed by atoms with Gasteiger partial charge in [-0.2, -0.15) is 0 Å². The second kappa shape index (κ2) is 13.2. The molecule has 0 aromatic rings. The van der Waals surface area contributed by atoms with Crippen molar-refractivity contribution in [2.24, 2.45) is 22.2 Å². The lowest BCUT2D eigenvalue weighted by molar-refractivity contribution is -0.150. The molecule has 15 heteroatoms. The number of carbonyl (C=O) groups is 5. The number of aliphatic hydroxyl groups is 1. The van der Waals surface area contributed by atoms with E-state index < -0.39 is 66.9 Å². The molecule has 0 spiro atoms. The van der Waals surface area contributed by atoms with Crippen molar-refractivity contribution in [3.8, 4) is 0 Å². The smallest absolute Gasteiger partial charge is 0.326 e. The number of likely N-dealkylation sites (tertiary alicyclic amines) is 1. The molecule has 1 saturated heterocycles. The summed E-state index contributed by atoms with van der Waals surface area (Å²) in [7, 11) is 0. The van der Waals surface area contributed by atoms with Crippen LogP contribution in [0.5, 0.6) is 0 Å². The molecule has 0 radical (unpaired) electrons. The van der Waals surface area contributed by atoms with Gasteiger partial charge in [-0.3, -0.25) is 24.2 Å². The zero-order valence-corrected chi connectivity index (χ0v) is 18.0. The van der Waals surface area contributed by atoms with Gasteiger partial charge in [0.1, 0.15) is 24.2 Å². The molecule has 11 N–H and O–H groups in total. The average molecular weight is 473 g/mol. The lowest BCUT2D eigenvalue weighted by Gasteiger charge is -2.28. The van der Waals surface area contributed by atoms with Crippen molar-refractivity contribution in [2.45, 2.75) is 56.3 Å². The summed E-state index contributed by atoms with van der Waals surface area (Å²) in [5.74, 6) is -5.38. The van der Waals surface area contributed by atoms with Crippen LogP contribution in [-0.4, -0.2) is 99.7 Å². The topological polar surface area (TPSA) is 264 Å². The van der Waals surface area contributed by atoms with Crippen molar-refractivity contribution < 1.29 is 39.3 Å². The predicted molar refractivity (Wildman–Crippen MR) is 113 cm³/mol. The molecule has 1 rings (SSSR count). The van der Waals surface area contributed by atoms with Gasteiger partial charge in [0.2, 0.25) is 17.7 Å². The molecule has 1 aliphatic rings.